The van der Waals surface area contributed by atoms with Crippen LogP contribution in [0.25, 0.3) is 0 Å². The van der Waals surface area contributed by atoms with Crippen molar-refractivity contribution in [2.24, 2.45) is 5.41 Å². The average molecular weight is 347 g/mol. The second kappa shape index (κ2) is 6.44. The number of aryl methyl sites for hydroxylation is 1. The van der Waals surface area contributed by atoms with E-state index in [1.165, 1.54) is 0 Å². The van der Waals surface area contributed by atoms with Crippen molar-refractivity contribution in [3.63, 3.8) is 0 Å². The van der Waals surface area contributed by atoms with Crippen molar-refractivity contribution >= 4 is 11.8 Å². The van der Waals surface area contributed by atoms with Crippen LogP contribution in [0.5, 0.6) is 0 Å². The Labute approximate surface area is 147 Å². The van der Waals surface area contributed by atoms with Gasteiger partial charge < -0.3 is 19.1 Å². The summed E-state index contributed by atoms with van der Waals surface area (Å²) >= 11 is 0. The van der Waals surface area contributed by atoms with Crippen molar-refractivity contribution in [3.8, 4) is 0 Å². The van der Waals surface area contributed by atoms with Crippen molar-refractivity contribution in [2.45, 2.75) is 45.1 Å². The molecule has 0 aromatic carbocycles. The molecule has 4 heterocycles. The lowest BCUT2D eigenvalue weighted by atomic mass is 9.77. The number of nitrogens with zero attached hydrogens (tertiary/aromatic N) is 3. The molecule has 7 heteroatoms. The summed E-state index contributed by atoms with van der Waals surface area (Å²) in [5.41, 5.74) is -0.0792. The van der Waals surface area contributed by atoms with E-state index in [4.69, 9.17) is 9.26 Å². The first-order chi connectivity index (χ1) is 12.1. The molecule has 0 saturated carbocycles. The maximum atomic E-state index is 13.3. The Hall–Kier alpha value is -1.89. The Morgan fingerprint density at radius 1 is 1.28 bits per heavy atom. The van der Waals surface area contributed by atoms with Crippen LogP contribution in [-0.2, 0) is 9.53 Å². The van der Waals surface area contributed by atoms with Gasteiger partial charge in [0.2, 0.25) is 5.91 Å². The second-order valence-corrected chi connectivity index (χ2v) is 7.53. The third-order valence-electron chi connectivity index (χ3n) is 5.89. The Morgan fingerprint density at radius 3 is 2.80 bits per heavy atom. The number of amides is 2. The maximum absolute atomic E-state index is 13.3. The number of hydrogen-bond donors (Lipinski definition) is 0. The summed E-state index contributed by atoms with van der Waals surface area (Å²) in [6, 6.07) is 1.95. The molecule has 136 valence electrons. The van der Waals surface area contributed by atoms with E-state index in [-0.39, 0.29) is 11.8 Å². The molecule has 1 atom stereocenters. The molecule has 1 aromatic heterocycles. The Morgan fingerprint density at radius 2 is 2.08 bits per heavy atom. The second-order valence-electron chi connectivity index (χ2n) is 7.53. The molecule has 4 rings (SSSR count). The molecule has 0 N–H and O–H groups in total. The summed E-state index contributed by atoms with van der Waals surface area (Å²) < 4.78 is 10.5. The van der Waals surface area contributed by atoms with E-state index >= 15 is 0 Å². The van der Waals surface area contributed by atoms with Crippen molar-refractivity contribution < 1.29 is 18.8 Å². The van der Waals surface area contributed by atoms with E-state index in [1.54, 1.807) is 17.9 Å². The molecule has 7 nitrogen and oxygen atoms in total. The van der Waals surface area contributed by atoms with Crippen molar-refractivity contribution in [1.82, 2.24) is 15.0 Å². The minimum absolute atomic E-state index is 0.135. The molecule has 1 aromatic rings. The van der Waals surface area contributed by atoms with Gasteiger partial charge in [0.25, 0.3) is 5.91 Å². The van der Waals surface area contributed by atoms with Gasteiger partial charge in [0.15, 0.2) is 5.69 Å². The summed E-state index contributed by atoms with van der Waals surface area (Å²) in [5, 5.41) is 3.83. The molecular formula is C18H25N3O4. The molecule has 3 saturated heterocycles. The summed E-state index contributed by atoms with van der Waals surface area (Å²) in [6.07, 6.45) is 4.46. The van der Waals surface area contributed by atoms with Gasteiger partial charge in [0, 0.05) is 45.0 Å². The lowest BCUT2D eigenvalue weighted by molar-refractivity contribution is -0.150. The molecule has 1 spiro atoms. The zero-order chi connectivity index (χ0) is 17.4. The standard InChI is InChI=1S/C18H25N3O4/c1-13-11-15(19-25-13)16(22)20-8-6-18(12-20)5-2-7-21(17(18)23)14-3-9-24-10-4-14/h11,14H,2-10,12H2,1H3/t18-/m0/s1. The van der Waals surface area contributed by atoms with Crippen LogP contribution in [-0.4, -0.2) is 65.7 Å². The fourth-order valence-corrected chi connectivity index (χ4v) is 4.50. The Bertz CT molecular complexity index is 667. The maximum Gasteiger partial charge on any atom is 0.276 e. The first-order valence-corrected chi connectivity index (χ1v) is 9.20. The zero-order valence-electron chi connectivity index (χ0n) is 14.7. The minimum atomic E-state index is -0.412. The molecule has 0 radical (unpaired) electrons. The number of carbonyl (C=O) groups is 2. The molecule has 25 heavy (non-hydrogen) atoms. The molecule has 0 unspecified atom stereocenters. The highest BCUT2D eigenvalue weighted by Gasteiger charge is 2.50. The summed E-state index contributed by atoms with van der Waals surface area (Å²) in [4.78, 5) is 29.7. The summed E-state index contributed by atoms with van der Waals surface area (Å²) in [5.74, 6) is 0.721. The SMILES string of the molecule is Cc1cc(C(=O)N2CC[C@@]3(CCCN(C4CCOCC4)C3=O)C2)no1. The van der Waals surface area contributed by atoms with E-state index in [9.17, 15) is 9.59 Å². The van der Waals surface area contributed by atoms with Gasteiger partial charge in [0.1, 0.15) is 5.76 Å². The van der Waals surface area contributed by atoms with Gasteiger partial charge in [-0.15, -0.1) is 0 Å². The van der Waals surface area contributed by atoms with Crippen LogP contribution in [0.2, 0.25) is 0 Å². The molecule has 0 bridgehead atoms. The highest BCUT2D eigenvalue weighted by atomic mass is 16.5. The highest BCUT2D eigenvalue weighted by Crippen LogP contribution is 2.41. The van der Waals surface area contributed by atoms with Gasteiger partial charge >= 0.3 is 0 Å². The van der Waals surface area contributed by atoms with Crippen molar-refractivity contribution in [3.05, 3.63) is 17.5 Å². The van der Waals surface area contributed by atoms with Crippen LogP contribution >= 0.6 is 0 Å². The van der Waals surface area contributed by atoms with E-state index in [0.717, 1.165) is 51.9 Å². The lowest BCUT2D eigenvalue weighted by Gasteiger charge is -2.44. The quantitative estimate of drug-likeness (QED) is 0.812. The van der Waals surface area contributed by atoms with Crippen LogP contribution in [0.15, 0.2) is 10.6 Å². The fraction of sp³-hybridized carbons (Fsp3) is 0.722. The smallest absolute Gasteiger partial charge is 0.276 e. The third kappa shape index (κ3) is 2.94. The van der Waals surface area contributed by atoms with E-state index in [2.05, 4.69) is 10.1 Å². The molecular weight excluding hydrogens is 322 g/mol. The molecule has 2 amide bonds. The largest absolute Gasteiger partial charge is 0.381 e. The molecule has 3 aliphatic heterocycles. The number of aromatic nitrogens is 1. The number of piperidine rings is 1. The first-order valence-electron chi connectivity index (χ1n) is 9.20. The van der Waals surface area contributed by atoms with Crippen molar-refractivity contribution in [1.29, 1.82) is 0 Å². The predicted octanol–water partition coefficient (Wildman–Crippen LogP) is 1.62. The Balaban J connectivity index is 1.48. The third-order valence-corrected chi connectivity index (χ3v) is 5.89. The number of ether oxygens (including phenoxy) is 1. The molecule has 3 fully saturated rings. The fourth-order valence-electron chi connectivity index (χ4n) is 4.50. The summed E-state index contributed by atoms with van der Waals surface area (Å²) in [6.45, 7) is 5.18. The van der Waals surface area contributed by atoms with E-state index in [0.29, 0.717) is 30.6 Å². The normalized spacial score (nSPS) is 28.1. The Kier molecular flexibility index (Phi) is 4.27. The lowest BCUT2D eigenvalue weighted by Crippen LogP contribution is -2.55. The van der Waals surface area contributed by atoms with Crippen LogP contribution in [0.3, 0.4) is 0 Å². The summed E-state index contributed by atoms with van der Waals surface area (Å²) in [7, 11) is 0. The van der Waals surface area contributed by atoms with Gasteiger partial charge in [-0.25, -0.2) is 0 Å². The minimum Gasteiger partial charge on any atom is -0.381 e. The van der Waals surface area contributed by atoms with Gasteiger partial charge in [0.05, 0.1) is 5.41 Å². The predicted molar refractivity (Wildman–Crippen MR) is 89.0 cm³/mol. The van der Waals surface area contributed by atoms with E-state index < -0.39 is 5.41 Å². The van der Waals surface area contributed by atoms with Crippen molar-refractivity contribution in [2.75, 3.05) is 32.8 Å². The van der Waals surface area contributed by atoms with Crippen LogP contribution < -0.4 is 0 Å². The van der Waals surface area contributed by atoms with Gasteiger partial charge in [-0.1, -0.05) is 5.16 Å². The van der Waals surface area contributed by atoms with Crippen LogP contribution in [0.4, 0.5) is 0 Å². The molecule has 3 aliphatic rings. The van der Waals surface area contributed by atoms with Gasteiger partial charge in [-0.2, -0.15) is 0 Å². The molecule has 0 aliphatic carbocycles. The van der Waals surface area contributed by atoms with Gasteiger partial charge in [-0.3, -0.25) is 9.59 Å². The number of carbonyl (C=O) groups excluding carboxylic acids is 2. The number of likely N-dealkylation sites (tertiary alicyclic amines) is 2. The number of hydrogen-bond acceptors (Lipinski definition) is 5. The average Bonchev–Trinajstić information content (AvgIpc) is 3.25. The van der Waals surface area contributed by atoms with Gasteiger partial charge in [-0.05, 0) is 39.0 Å². The van der Waals surface area contributed by atoms with Crippen LogP contribution in [0.1, 0.15) is 48.4 Å². The van der Waals surface area contributed by atoms with E-state index in [1.807, 2.05) is 0 Å². The number of rotatable bonds is 2. The first kappa shape index (κ1) is 16.6. The zero-order valence-corrected chi connectivity index (χ0v) is 14.7. The topological polar surface area (TPSA) is 75.9 Å². The highest BCUT2D eigenvalue weighted by molar-refractivity contribution is 5.94. The monoisotopic (exact) mass is 347 g/mol. The van der Waals surface area contributed by atoms with Crippen LogP contribution in [0, 0.1) is 12.3 Å².